The van der Waals surface area contributed by atoms with Crippen molar-refractivity contribution in [2.75, 3.05) is 0 Å². The number of aryl methyl sites for hydroxylation is 1. The van der Waals surface area contributed by atoms with Crippen LogP contribution >= 0.6 is 0 Å². The third-order valence-electron chi connectivity index (χ3n) is 4.28. The Hall–Kier alpha value is -2.61. The highest BCUT2D eigenvalue weighted by molar-refractivity contribution is 6.08. The first kappa shape index (κ1) is 13.1. The first-order valence-electron chi connectivity index (χ1n) is 7.71. The van der Waals surface area contributed by atoms with Gasteiger partial charge in [-0.3, -0.25) is 4.79 Å². The van der Waals surface area contributed by atoms with Crippen LogP contribution in [0.1, 0.15) is 34.5 Å². The Labute approximate surface area is 129 Å². The number of hydrogen-bond donors (Lipinski definition) is 0. The molecule has 2 nitrogen and oxygen atoms in total. The van der Waals surface area contributed by atoms with Crippen LogP contribution in [0.15, 0.2) is 54.6 Å². The minimum atomic E-state index is 0.265. The number of Topliss-reactive ketones (excluding diaryl/α,β-unsaturated/α-hetero) is 1. The molecule has 0 N–H and O–H groups in total. The molecule has 2 heteroatoms. The number of nitrogens with zero attached hydrogens (tertiary/aromatic N) is 1. The summed E-state index contributed by atoms with van der Waals surface area (Å²) in [4.78, 5) is 12.2. The SMILES string of the molecule is O=C1CCCn2c(/C=C/c3ccccc3)cc3cccc1c32. The molecular formula is C20H17NO. The van der Waals surface area contributed by atoms with Gasteiger partial charge in [-0.15, -0.1) is 0 Å². The van der Waals surface area contributed by atoms with Crippen LogP contribution in [0.3, 0.4) is 0 Å². The van der Waals surface area contributed by atoms with Crippen molar-refractivity contribution >= 4 is 28.8 Å². The number of rotatable bonds is 2. The molecule has 0 spiro atoms. The van der Waals surface area contributed by atoms with Gasteiger partial charge in [0.25, 0.3) is 0 Å². The minimum absolute atomic E-state index is 0.265. The monoisotopic (exact) mass is 287 g/mol. The molecule has 22 heavy (non-hydrogen) atoms. The summed E-state index contributed by atoms with van der Waals surface area (Å²) in [6, 6.07) is 18.5. The molecule has 2 aromatic carbocycles. The molecular weight excluding hydrogens is 270 g/mol. The van der Waals surface area contributed by atoms with Gasteiger partial charge in [0.1, 0.15) is 0 Å². The second kappa shape index (κ2) is 5.30. The largest absolute Gasteiger partial charge is 0.340 e. The Morgan fingerprint density at radius 1 is 0.955 bits per heavy atom. The zero-order chi connectivity index (χ0) is 14.9. The maximum Gasteiger partial charge on any atom is 0.165 e. The van der Waals surface area contributed by atoms with E-state index in [2.05, 4.69) is 41.0 Å². The van der Waals surface area contributed by atoms with Crippen LogP contribution in [0.2, 0.25) is 0 Å². The van der Waals surface area contributed by atoms with Gasteiger partial charge < -0.3 is 4.57 Å². The predicted octanol–water partition coefficient (Wildman–Crippen LogP) is 4.79. The fourth-order valence-corrected chi connectivity index (χ4v) is 3.23. The number of benzene rings is 2. The molecule has 0 unspecified atom stereocenters. The molecule has 0 amide bonds. The van der Waals surface area contributed by atoms with E-state index in [1.807, 2.05) is 30.3 Å². The van der Waals surface area contributed by atoms with Gasteiger partial charge in [-0.25, -0.2) is 0 Å². The molecule has 108 valence electrons. The van der Waals surface area contributed by atoms with Crippen LogP contribution in [0, 0.1) is 0 Å². The van der Waals surface area contributed by atoms with E-state index >= 15 is 0 Å². The van der Waals surface area contributed by atoms with E-state index in [4.69, 9.17) is 0 Å². The van der Waals surface area contributed by atoms with Gasteiger partial charge in [0.05, 0.1) is 5.52 Å². The van der Waals surface area contributed by atoms with Gasteiger partial charge >= 0.3 is 0 Å². The standard InChI is InChI=1S/C20H17NO/c22-19-10-5-13-21-17(12-11-15-6-2-1-3-7-15)14-16-8-4-9-18(19)20(16)21/h1-4,6-9,11-12,14H,5,10,13H2/b12-11+. The summed E-state index contributed by atoms with van der Waals surface area (Å²) in [6.45, 7) is 0.903. The third kappa shape index (κ3) is 2.17. The van der Waals surface area contributed by atoms with Crippen LogP contribution in [-0.2, 0) is 6.54 Å². The summed E-state index contributed by atoms with van der Waals surface area (Å²) in [7, 11) is 0. The van der Waals surface area contributed by atoms with Gasteiger partial charge in [-0.1, -0.05) is 48.5 Å². The third-order valence-corrected chi connectivity index (χ3v) is 4.28. The maximum absolute atomic E-state index is 12.2. The van der Waals surface area contributed by atoms with Gasteiger partial charge in [0.2, 0.25) is 0 Å². The van der Waals surface area contributed by atoms with Crippen molar-refractivity contribution in [3.05, 3.63) is 71.4 Å². The molecule has 1 aromatic heterocycles. The molecule has 0 radical (unpaired) electrons. The van der Waals surface area contributed by atoms with Crippen molar-refractivity contribution in [1.29, 1.82) is 0 Å². The fourth-order valence-electron chi connectivity index (χ4n) is 3.23. The van der Waals surface area contributed by atoms with Crippen molar-refractivity contribution < 1.29 is 4.79 Å². The highest BCUT2D eigenvalue weighted by Gasteiger charge is 2.18. The van der Waals surface area contributed by atoms with Gasteiger partial charge in [0.15, 0.2) is 5.78 Å². The first-order chi connectivity index (χ1) is 10.8. The van der Waals surface area contributed by atoms with Gasteiger partial charge in [-0.2, -0.15) is 0 Å². The lowest BCUT2D eigenvalue weighted by molar-refractivity contribution is 0.0982. The zero-order valence-corrected chi connectivity index (χ0v) is 12.3. The Morgan fingerprint density at radius 3 is 2.68 bits per heavy atom. The summed E-state index contributed by atoms with van der Waals surface area (Å²) in [5.74, 6) is 0.265. The predicted molar refractivity (Wildman–Crippen MR) is 90.9 cm³/mol. The number of carbonyl (C=O) groups excluding carboxylic acids is 1. The fraction of sp³-hybridized carbons (Fsp3) is 0.150. The number of hydrogen-bond acceptors (Lipinski definition) is 1. The van der Waals surface area contributed by atoms with E-state index in [1.165, 1.54) is 11.3 Å². The van der Waals surface area contributed by atoms with Crippen LogP contribution < -0.4 is 0 Å². The van der Waals surface area contributed by atoms with Crippen molar-refractivity contribution in [2.45, 2.75) is 19.4 Å². The topological polar surface area (TPSA) is 22.0 Å². The van der Waals surface area contributed by atoms with Crippen molar-refractivity contribution in [2.24, 2.45) is 0 Å². The maximum atomic E-state index is 12.2. The highest BCUT2D eigenvalue weighted by atomic mass is 16.1. The van der Waals surface area contributed by atoms with Crippen LogP contribution in [0.5, 0.6) is 0 Å². The molecule has 0 bridgehead atoms. The molecule has 0 aliphatic carbocycles. The molecule has 0 saturated carbocycles. The normalized spacial score (nSPS) is 14.6. The van der Waals surface area contributed by atoms with Crippen LogP contribution in [0.4, 0.5) is 0 Å². The second-order valence-electron chi connectivity index (χ2n) is 5.73. The minimum Gasteiger partial charge on any atom is -0.340 e. The summed E-state index contributed by atoms with van der Waals surface area (Å²) < 4.78 is 2.29. The smallest absolute Gasteiger partial charge is 0.165 e. The van der Waals surface area contributed by atoms with Crippen molar-refractivity contribution in [1.82, 2.24) is 4.57 Å². The van der Waals surface area contributed by atoms with E-state index in [0.717, 1.165) is 29.4 Å². The molecule has 2 heterocycles. The Morgan fingerprint density at radius 2 is 1.82 bits per heavy atom. The van der Waals surface area contributed by atoms with Crippen molar-refractivity contribution in [3.8, 4) is 0 Å². The molecule has 1 aliphatic heterocycles. The average molecular weight is 287 g/mol. The second-order valence-corrected chi connectivity index (χ2v) is 5.73. The molecule has 0 atom stereocenters. The molecule has 1 aliphatic rings. The van der Waals surface area contributed by atoms with E-state index < -0.39 is 0 Å². The Balaban J connectivity index is 1.85. The highest BCUT2D eigenvalue weighted by Crippen LogP contribution is 2.29. The van der Waals surface area contributed by atoms with E-state index in [9.17, 15) is 4.79 Å². The molecule has 0 saturated heterocycles. The van der Waals surface area contributed by atoms with E-state index in [0.29, 0.717) is 6.42 Å². The Kier molecular flexibility index (Phi) is 3.15. The summed E-state index contributed by atoms with van der Waals surface area (Å²) >= 11 is 0. The van der Waals surface area contributed by atoms with Gasteiger partial charge in [-0.05, 0) is 30.2 Å². The lowest BCUT2D eigenvalue weighted by atomic mass is 10.1. The summed E-state index contributed by atoms with van der Waals surface area (Å²) in [6.07, 6.45) is 5.82. The first-order valence-corrected chi connectivity index (χ1v) is 7.71. The summed E-state index contributed by atoms with van der Waals surface area (Å²) in [5, 5.41) is 1.15. The average Bonchev–Trinajstić information content (AvgIpc) is 2.82. The lowest BCUT2D eigenvalue weighted by Crippen LogP contribution is -1.98. The van der Waals surface area contributed by atoms with Gasteiger partial charge in [0, 0.05) is 29.6 Å². The number of carbonyl (C=O) groups is 1. The lowest BCUT2D eigenvalue weighted by Gasteiger charge is -2.06. The summed E-state index contributed by atoms with van der Waals surface area (Å²) in [5.41, 5.74) is 4.32. The number of para-hydroxylation sites is 1. The number of aromatic nitrogens is 1. The quantitative estimate of drug-likeness (QED) is 0.664. The van der Waals surface area contributed by atoms with Crippen molar-refractivity contribution in [3.63, 3.8) is 0 Å². The van der Waals surface area contributed by atoms with E-state index in [-0.39, 0.29) is 5.78 Å². The van der Waals surface area contributed by atoms with E-state index in [1.54, 1.807) is 0 Å². The van der Waals surface area contributed by atoms with Crippen LogP contribution in [0.25, 0.3) is 23.1 Å². The zero-order valence-electron chi connectivity index (χ0n) is 12.3. The van der Waals surface area contributed by atoms with Crippen LogP contribution in [-0.4, -0.2) is 10.4 Å². The number of ketones is 1. The molecule has 0 fully saturated rings. The Bertz CT molecular complexity index is 871. The molecule has 4 rings (SSSR count). The molecule has 3 aromatic rings.